The topological polar surface area (TPSA) is 49.9 Å². The first-order valence-corrected chi connectivity index (χ1v) is 7.51. The number of hydrogen-bond acceptors (Lipinski definition) is 3. The molecule has 118 valence electrons. The molecule has 2 aliphatic rings. The molecule has 0 aliphatic carbocycles. The lowest BCUT2D eigenvalue weighted by molar-refractivity contribution is -0.130. The Morgan fingerprint density at radius 2 is 2.09 bits per heavy atom. The Bertz CT molecular complexity index is 595. The van der Waals surface area contributed by atoms with E-state index in [1.54, 1.807) is 17.9 Å². The van der Waals surface area contributed by atoms with E-state index >= 15 is 0 Å². The summed E-state index contributed by atoms with van der Waals surface area (Å²) in [5.74, 6) is -0.503. The zero-order chi connectivity index (χ0) is 15.9. The van der Waals surface area contributed by atoms with Gasteiger partial charge in [-0.2, -0.15) is 0 Å². The van der Waals surface area contributed by atoms with E-state index in [0.717, 1.165) is 19.3 Å². The number of ether oxygens (including phenoxy) is 1. The minimum Gasteiger partial charge on any atom is -0.494 e. The van der Waals surface area contributed by atoms with Gasteiger partial charge in [0.2, 0.25) is 0 Å². The first kappa shape index (κ1) is 14.8. The lowest BCUT2D eigenvalue weighted by Gasteiger charge is -2.26. The van der Waals surface area contributed by atoms with E-state index in [-0.39, 0.29) is 23.7 Å². The molecule has 5 nitrogen and oxygen atoms in total. The van der Waals surface area contributed by atoms with Gasteiger partial charge in [-0.05, 0) is 43.9 Å². The van der Waals surface area contributed by atoms with Crippen LogP contribution >= 0.6 is 0 Å². The van der Waals surface area contributed by atoms with E-state index in [1.165, 1.54) is 24.1 Å². The number of nitrogens with zero attached hydrogens (tertiary/aromatic N) is 2. The first-order valence-electron chi connectivity index (χ1n) is 7.51. The molecule has 3 rings (SSSR count). The molecular weight excluding hydrogens is 287 g/mol. The van der Waals surface area contributed by atoms with Crippen molar-refractivity contribution in [2.45, 2.75) is 38.3 Å². The zero-order valence-electron chi connectivity index (χ0n) is 12.7. The summed E-state index contributed by atoms with van der Waals surface area (Å²) in [5, 5.41) is 0. The highest BCUT2D eigenvalue weighted by Crippen LogP contribution is 2.34. The monoisotopic (exact) mass is 306 g/mol. The molecule has 2 saturated heterocycles. The van der Waals surface area contributed by atoms with Crippen molar-refractivity contribution < 1.29 is 18.7 Å². The van der Waals surface area contributed by atoms with Gasteiger partial charge in [-0.1, -0.05) is 6.07 Å². The van der Waals surface area contributed by atoms with Crippen LogP contribution in [-0.2, 0) is 4.79 Å². The van der Waals surface area contributed by atoms with Crippen molar-refractivity contribution in [2.24, 2.45) is 0 Å². The Morgan fingerprint density at radius 3 is 2.77 bits per heavy atom. The Hall–Kier alpha value is -2.11. The molecule has 0 bridgehead atoms. The van der Waals surface area contributed by atoms with Gasteiger partial charge in [0.25, 0.3) is 5.91 Å². The fourth-order valence-electron chi connectivity index (χ4n) is 3.25. The van der Waals surface area contributed by atoms with E-state index in [0.29, 0.717) is 12.1 Å². The van der Waals surface area contributed by atoms with E-state index in [2.05, 4.69) is 0 Å². The van der Waals surface area contributed by atoms with Crippen molar-refractivity contribution in [1.82, 2.24) is 9.80 Å². The summed E-state index contributed by atoms with van der Waals surface area (Å²) in [6.07, 6.45) is 2.62. The maximum atomic E-state index is 13.5. The highest BCUT2D eigenvalue weighted by molar-refractivity contribution is 6.04. The fourth-order valence-corrected chi connectivity index (χ4v) is 3.25. The van der Waals surface area contributed by atoms with Crippen LogP contribution in [0.15, 0.2) is 18.2 Å². The number of urea groups is 1. The number of amides is 3. The summed E-state index contributed by atoms with van der Waals surface area (Å²) in [5.41, 5.74) is 0.680. The number of methoxy groups -OCH3 is 1. The average Bonchev–Trinajstić information content (AvgIpc) is 2.79. The second-order valence-corrected chi connectivity index (χ2v) is 5.77. The van der Waals surface area contributed by atoms with Gasteiger partial charge in [0, 0.05) is 6.54 Å². The quantitative estimate of drug-likeness (QED) is 0.807. The number of halogens is 1. The van der Waals surface area contributed by atoms with Crippen LogP contribution in [0, 0.1) is 5.82 Å². The summed E-state index contributed by atoms with van der Waals surface area (Å²) in [6.45, 7) is 2.41. The Labute approximate surface area is 128 Å². The van der Waals surface area contributed by atoms with Crippen LogP contribution in [0.3, 0.4) is 0 Å². The molecule has 2 fully saturated rings. The van der Waals surface area contributed by atoms with Crippen LogP contribution in [-0.4, -0.2) is 41.4 Å². The molecule has 1 aromatic carbocycles. The summed E-state index contributed by atoms with van der Waals surface area (Å²) in [7, 11) is 1.39. The highest BCUT2D eigenvalue weighted by atomic mass is 19.1. The lowest BCUT2D eigenvalue weighted by Crippen LogP contribution is -2.39. The van der Waals surface area contributed by atoms with Crippen molar-refractivity contribution in [3.63, 3.8) is 0 Å². The highest BCUT2D eigenvalue weighted by Gasteiger charge is 2.47. The number of carbonyl (C=O) groups is 2. The van der Waals surface area contributed by atoms with Crippen LogP contribution in [0.5, 0.6) is 5.75 Å². The molecule has 3 amide bonds. The molecule has 0 N–H and O–H groups in total. The van der Waals surface area contributed by atoms with Gasteiger partial charge < -0.3 is 9.64 Å². The van der Waals surface area contributed by atoms with Gasteiger partial charge in [-0.25, -0.2) is 9.18 Å². The summed E-state index contributed by atoms with van der Waals surface area (Å²) >= 11 is 0. The summed E-state index contributed by atoms with van der Waals surface area (Å²) in [6, 6.07) is 3.40. The maximum Gasteiger partial charge on any atom is 0.328 e. The van der Waals surface area contributed by atoms with E-state index in [4.69, 9.17) is 4.74 Å². The Morgan fingerprint density at radius 1 is 1.32 bits per heavy atom. The second kappa shape index (κ2) is 5.59. The van der Waals surface area contributed by atoms with E-state index < -0.39 is 11.9 Å². The molecule has 0 saturated carbocycles. The first-order chi connectivity index (χ1) is 10.5. The number of carbonyl (C=O) groups excluding carboxylic acids is 2. The van der Waals surface area contributed by atoms with Crippen LogP contribution < -0.4 is 4.74 Å². The maximum absolute atomic E-state index is 13.5. The molecule has 0 unspecified atom stereocenters. The number of hydrogen-bond donors (Lipinski definition) is 0. The van der Waals surface area contributed by atoms with Gasteiger partial charge in [-0.3, -0.25) is 9.69 Å². The number of piperidine rings is 1. The Balaban J connectivity index is 1.90. The number of benzene rings is 1. The lowest BCUT2D eigenvalue weighted by atomic mass is 10.0. The third-order valence-electron chi connectivity index (χ3n) is 4.52. The number of rotatable bonds is 3. The van der Waals surface area contributed by atoms with Crippen molar-refractivity contribution >= 4 is 11.9 Å². The Kier molecular flexibility index (Phi) is 3.76. The SMILES string of the molecule is COc1cc([C@H](C)N2C(=O)[C@H]3CCCCN3C2=O)ccc1F. The molecule has 0 spiro atoms. The number of imide groups is 1. The second-order valence-electron chi connectivity index (χ2n) is 5.77. The summed E-state index contributed by atoms with van der Waals surface area (Å²) in [4.78, 5) is 28.0. The van der Waals surface area contributed by atoms with Gasteiger partial charge >= 0.3 is 6.03 Å². The van der Waals surface area contributed by atoms with Crippen LogP contribution in [0.1, 0.15) is 37.8 Å². The fraction of sp³-hybridized carbons (Fsp3) is 0.500. The van der Waals surface area contributed by atoms with Gasteiger partial charge in [0.05, 0.1) is 13.2 Å². The van der Waals surface area contributed by atoms with E-state index in [1.807, 2.05) is 0 Å². The minimum atomic E-state index is -0.463. The van der Waals surface area contributed by atoms with Gasteiger partial charge in [0.15, 0.2) is 11.6 Å². The molecule has 6 heteroatoms. The van der Waals surface area contributed by atoms with Crippen molar-refractivity contribution in [3.8, 4) is 5.75 Å². The standard InChI is InChI=1S/C16H19FN2O3/c1-10(11-6-7-12(17)14(9-11)22-2)19-15(20)13-5-3-4-8-18(13)16(19)21/h6-7,9-10,13H,3-5,8H2,1-2H3/t10-,13+/m0/s1. The van der Waals surface area contributed by atoms with Crippen molar-refractivity contribution in [3.05, 3.63) is 29.6 Å². The smallest absolute Gasteiger partial charge is 0.328 e. The normalized spacial score (nSPS) is 22.8. The molecule has 1 aromatic rings. The van der Waals surface area contributed by atoms with Crippen LogP contribution in [0.4, 0.5) is 9.18 Å². The zero-order valence-corrected chi connectivity index (χ0v) is 12.7. The predicted octanol–water partition coefficient (Wildman–Crippen LogP) is 2.71. The van der Waals surface area contributed by atoms with Gasteiger partial charge in [0.1, 0.15) is 6.04 Å². The van der Waals surface area contributed by atoms with Gasteiger partial charge in [-0.15, -0.1) is 0 Å². The molecule has 0 radical (unpaired) electrons. The van der Waals surface area contributed by atoms with Crippen LogP contribution in [0.25, 0.3) is 0 Å². The number of fused-ring (bicyclic) bond motifs is 1. The van der Waals surface area contributed by atoms with Crippen LogP contribution in [0.2, 0.25) is 0 Å². The molecule has 2 aliphatic heterocycles. The minimum absolute atomic E-state index is 0.112. The molecular formula is C16H19FN2O3. The molecule has 2 heterocycles. The predicted molar refractivity (Wildman–Crippen MR) is 78.0 cm³/mol. The largest absolute Gasteiger partial charge is 0.494 e. The van der Waals surface area contributed by atoms with Crippen molar-refractivity contribution in [1.29, 1.82) is 0 Å². The average molecular weight is 306 g/mol. The molecule has 22 heavy (non-hydrogen) atoms. The third-order valence-corrected chi connectivity index (χ3v) is 4.52. The summed E-state index contributed by atoms with van der Waals surface area (Å²) < 4.78 is 18.5. The third kappa shape index (κ3) is 2.23. The van der Waals surface area contributed by atoms with Crippen molar-refractivity contribution in [2.75, 3.05) is 13.7 Å². The van der Waals surface area contributed by atoms with E-state index in [9.17, 15) is 14.0 Å². The molecule has 2 atom stereocenters. The molecule has 0 aromatic heterocycles.